The smallest absolute Gasteiger partial charge is 0.322 e. The van der Waals surface area contributed by atoms with Crippen LogP contribution in [0, 0.1) is 0 Å². The van der Waals surface area contributed by atoms with E-state index < -0.39 is 0 Å². The van der Waals surface area contributed by atoms with Gasteiger partial charge in [-0.1, -0.05) is 12.1 Å². The maximum absolute atomic E-state index is 12.7. The molecular formula is C24H28N4O3S. The molecule has 0 aliphatic carbocycles. The van der Waals surface area contributed by atoms with Crippen LogP contribution in [-0.4, -0.2) is 60.7 Å². The van der Waals surface area contributed by atoms with Crippen LogP contribution in [-0.2, 0) is 6.54 Å². The molecule has 168 valence electrons. The quantitative estimate of drug-likeness (QED) is 0.569. The SMILES string of the molecule is CCOc1ccccc1NC(=O)N1CCN(Cc2nc(-c3ccc(OC)cc3)cs2)CC1. The molecule has 1 aliphatic rings. The minimum atomic E-state index is -0.0900. The van der Waals surface area contributed by atoms with Gasteiger partial charge >= 0.3 is 6.03 Å². The van der Waals surface area contributed by atoms with Crippen molar-refractivity contribution in [2.75, 3.05) is 45.2 Å². The molecule has 0 radical (unpaired) electrons. The van der Waals surface area contributed by atoms with E-state index in [1.807, 2.05) is 60.4 Å². The number of carbonyl (C=O) groups is 1. The predicted molar refractivity (Wildman–Crippen MR) is 128 cm³/mol. The number of hydrogen-bond donors (Lipinski definition) is 1. The molecule has 32 heavy (non-hydrogen) atoms. The van der Waals surface area contributed by atoms with Crippen molar-refractivity contribution >= 4 is 23.1 Å². The first-order valence-corrected chi connectivity index (χ1v) is 11.6. The second-order valence-electron chi connectivity index (χ2n) is 7.48. The van der Waals surface area contributed by atoms with E-state index in [-0.39, 0.29) is 6.03 Å². The number of urea groups is 1. The van der Waals surface area contributed by atoms with Gasteiger partial charge in [-0.15, -0.1) is 11.3 Å². The molecule has 3 aromatic rings. The summed E-state index contributed by atoms with van der Waals surface area (Å²) in [5.41, 5.74) is 2.77. The lowest BCUT2D eigenvalue weighted by Crippen LogP contribution is -2.49. The zero-order chi connectivity index (χ0) is 22.3. The molecule has 1 aliphatic heterocycles. The fourth-order valence-corrected chi connectivity index (χ4v) is 4.47. The highest BCUT2D eigenvalue weighted by Gasteiger charge is 2.22. The van der Waals surface area contributed by atoms with E-state index in [0.29, 0.717) is 31.1 Å². The third-order valence-corrected chi connectivity index (χ3v) is 6.22. The van der Waals surface area contributed by atoms with Crippen molar-refractivity contribution < 1.29 is 14.3 Å². The van der Waals surface area contributed by atoms with E-state index in [1.54, 1.807) is 18.4 Å². The van der Waals surface area contributed by atoms with E-state index >= 15 is 0 Å². The van der Waals surface area contributed by atoms with Crippen LogP contribution in [0.25, 0.3) is 11.3 Å². The van der Waals surface area contributed by atoms with E-state index in [4.69, 9.17) is 14.5 Å². The number of para-hydroxylation sites is 2. The highest BCUT2D eigenvalue weighted by Crippen LogP contribution is 2.26. The number of rotatable bonds is 7. The van der Waals surface area contributed by atoms with Crippen LogP contribution in [0.4, 0.5) is 10.5 Å². The van der Waals surface area contributed by atoms with Crippen LogP contribution in [0.5, 0.6) is 11.5 Å². The topological polar surface area (TPSA) is 66.9 Å². The van der Waals surface area contributed by atoms with Gasteiger partial charge in [0.1, 0.15) is 16.5 Å². The van der Waals surface area contributed by atoms with Crippen LogP contribution in [0.15, 0.2) is 53.9 Å². The molecule has 0 bridgehead atoms. The fourth-order valence-electron chi connectivity index (χ4n) is 3.62. The van der Waals surface area contributed by atoms with E-state index in [0.717, 1.165) is 41.6 Å². The number of nitrogens with zero attached hydrogens (tertiary/aromatic N) is 3. The number of aromatic nitrogens is 1. The molecular weight excluding hydrogens is 424 g/mol. The van der Waals surface area contributed by atoms with Gasteiger partial charge in [0, 0.05) is 37.1 Å². The lowest BCUT2D eigenvalue weighted by Gasteiger charge is -2.34. The Hall–Kier alpha value is -3.10. The Morgan fingerprint density at radius 3 is 2.56 bits per heavy atom. The van der Waals surface area contributed by atoms with Gasteiger partial charge in [0.25, 0.3) is 0 Å². The summed E-state index contributed by atoms with van der Waals surface area (Å²) in [6, 6.07) is 15.4. The van der Waals surface area contributed by atoms with E-state index in [2.05, 4.69) is 15.6 Å². The van der Waals surface area contributed by atoms with Crippen molar-refractivity contribution in [3.8, 4) is 22.8 Å². The molecule has 1 fully saturated rings. The van der Waals surface area contributed by atoms with Gasteiger partial charge in [-0.3, -0.25) is 4.90 Å². The highest BCUT2D eigenvalue weighted by molar-refractivity contribution is 7.09. The number of ether oxygens (including phenoxy) is 2. The molecule has 0 saturated carbocycles. The number of anilines is 1. The summed E-state index contributed by atoms with van der Waals surface area (Å²) in [5, 5.41) is 6.16. The number of nitrogens with one attached hydrogen (secondary N) is 1. The second-order valence-corrected chi connectivity index (χ2v) is 8.42. The molecule has 7 nitrogen and oxygen atoms in total. The first kappa shape index (κ1) is 22.1. The summed E-state index contributed by atoms with van der Waals surface area (Å²) >= 11 is 1.67. The van der Waals surface area contributed by atoms with Gasteiger partial charge in [0.2, 0.25) is 0 Å². The molecule has 1 aromatic heterocycles. The number of hydrogen-bond acceptors (Lipinski definition) is 6. The van der Waals surface area contributed by atoms with E-state index in [1.165, 1.54) is 0 Å². The van der Waals surface area contributed by atoms with Gasteiger partial charge in [-0.25, -0.2) is 9.78 Å². The van der Waals surface area contributed by atoms with Gasteiger partial charge < -0.3 is 19.7 Å². The summed E-state index contributed by atoms with van der Waals surface area (Å²) in [5.74, 6) is 1.53. The van der Waals surface area contributed by atoms with Crippen molar-refractivity contribution in [1.82, 2.24) is 14.8 Å². The number of thiazole rings is 1. The molecule has 2 heterocycles. The Kier molecular flexibility index (Phi) is 7.24. The number of piperazine rings is 1. The molecule has 1 N–H and O–H groups in total. The predicted octanol–water partition coefficient (Wildman–Crippen LogP) is 4.57. The molecule has 4 rings (SSSR count). The number of benzene rings is 2. The first-order valence-electron chi connectivity index (χ1n) is 10.7. The lowest BCUT2D eigenvalue weighted by atomic mass is 10.2. The van der Waals surface area contributed by atoms with Crippen LogP contribution < -0.4 is 14.8 Å². The maximum Gasteiger partial charge on any atom is 0.322 e. The van der Waals surface area contributed by atoms with Gasteiger partial charge in [0.05, 0.1) is 31.6 Å². The van der Waals surface area contributed by atoms with Crippen molar-refractivity contribution in [1.29, 1.82) is 0 Å². The van der Waals surface area contributed by atoms with Crippen molar-refractivity contribution in [3.63, 3.8) is 0 Å². The van der Waals surface area contributed by atoms with Gasteiger partial charge in [0.15, 0.2) is 0 Å². The average molecular weight is 453 g/mol. The monoisotopic (exact) mass is 452 g/mol. The number of carbonyl (C=O) groups excluding carboxylic acids is 1. The summed E-state index contributed by atoms with van der Waals surface area (Å²) in [7, 11) is 1.67. The number of methoxy groups -OCH3 is 1. The van der Waals surface area contributed by atoms with Crippen LogP contribution >= 0.6 is 11.3 Å². The standard InChI is InChI=1S/C24H28N4O3S/c1-3-31-22-7-5-4-6-20(22)26-24(29)28-14-12-27(13-15-28)16-23-25-21(17-32-23)18-8-10-19(30-2)11-9-18/h4-11,17H,3,12-16H2,1-2H3,(H,26,29). The van der Waals surface area contributed by atoms with Crippen LogP contribution in [0.1, 0.15) is 11.9 Å². The minimum absolute atomic E-state index is 0.0900. The maximum atomic E-state index is 12.7. The molecule has 2 amide bonds. The summed E-state index contributed by atoms with van der Waals surface area (Å²) in [4.78, 5) is 21.7. The molecule has 0 atom stereocenters. The zero-order valence-electron chi connectivity index (χ0n) is 18.4. The zero-order valence-corrected chi connectivity index (χ0v) is 19.2. The summed E-state index contributed by atoms with van der Waals surface area (Å²) in [6.45, 7) is 6.28. The Morgan fingerprint density at radius 1 is 1.09 bits per heavy atom. The van der Waals surface area contributed by atoms with Gasteiger partial charge in [-0.2, -0.15) is 0 Å². The van der Waals surface area contributed by atoms with Crippen LogP contribution in [0.3, 0.4) is 0 Å². The minimum Gasteiger partial charge on any atom is -0.497 e. The molecule has 0 unspecified atom stereocenters. The normalized spacial score (nSPS) is 14.2. The van der Waals surface area contributed by atoms with Crippen LogP contribution in [0.2, 0.25) is 0 Å². The Bertz CT molecular complexity index is 1030. The second kappa shape index (κ2) is 10.5. The summed E-state index contributed by atoms with van der Waals surface area (Å²) < 4.78 is 10.8. The Morgan fingerprint density at radius 2 is 1.84 bits per heavy atom. The molecule has 0 spiro atoms. The van der Waals surface area contributed by atoms with Crippen molar-refractivity contribution in [2.24, 2.45) is 0 Å². The lowest BCUT2D eigenvalue weighted by molar-refractivity contribution is 0.143. The average Bonchev–Trinajstić information content (AvgIpc) is 3.29. The van der Waals surface area contributed by atoms with Gasteiger partial charge in [-0.05, 0) is 43.3 Å². The molecule has 1 saturated heterocycles. The molecule has 2 aromatic carbocycles. The third kappa shape index (κ3) is 5.38. The highest BCUT2D eigenvalue weighted by atomic mass is 32.1. The summed E-state index contributed by atoms with van der Waals surface area (Å²) in [6.07, 6.45) is 0. The largest absolute Gasteiger partial charge is 0.497 e. The Labute approximate surface area is 192 Å². The first-order chi connectivity index (χ1) is 15.7. The Balaban J connectivity index is 1.29. The fraction of sp³-hybridized carbons (Fsp3) is 0.333. The van der Waals surface area contributed by atoms with E-state index in [9.17, 15) is 4.79 Å². The van der Waals surface area contributed by atoms with Crippen molar-refractivity contribution in [3.05, 3.63) is 58.9 Å². The van der Waals surface area contributed by atoms with Crippen molar-refractivity contribution in [2.45, 2.75) is 13.5 Å². The third-order valence-electron chi connectivity index (χ3n) is 5.38. The molecule has 8 heteroatoms. The number of amides is 2.